The van der Waals surface area contributed by atoms with Gasteiger partial charge in [-0.05, 0) is 26.7 Å². The van der Waals surface area contributed by atoms with E-state index in [0.29, 0.717) is 0 Å². The molecule has 3 atom stereocenters. The van der Waals surface area contributed by atoms with Gasteiger partial charge in [0, 0.05) is 20.3 Å². The quantitative estimate of drug-likeness (QED) is 0.696. The lowest BCUT2D eigenvalue weighted by molar-refractivity contribution is -0.142. The minimum absolute atomic E-state index is 0.00546. The van der Waals surface area contributed by atoms with Gasteiger partial charge in [-0.15, -0.1) is 0 Å². The van der Waals surface area contributed by atoms with Gasteiger partial charge in [-0.3, -0.25) is 4.79 Å². The number of ether oxygens (including phenoxy) is 2. The molecule has 0 aromatic rings. The van der Waals surface area contributed by atoms with Crippen molar-refractivity contribution >= 4 is 5.91 Å². The maximum Gasteiger partial charge on any atom is 0.227 e. The van der Waals surface area contributed by atoms with Crippen LogP contribution in [0.4, 0.5) is 0 Å². The van der Waals surface area contributed by atoms with Gasteiger partial charge in [0.15, 0.2) is 6.29 Å². The molecule has 0 saturated heterocycles. The van der Waals surface area contributed by atoms with Crippen molar-refractivity contribution in [3.8, 4) is 0 Å². The zero-order valence-corrected chi connectivity index (χ0v) is 11.2. The number of carbonyl (C=O) groups excluding carboxylic acids is 1. The summed E-state index contributed by atoms with van der Waals surface area (Å²) in [7, 11) is 3.11. The van der Waals surface area contributed by atoms with E-state index in [1.54, 1.807) is 14.2 Å². The summed E-state index contributed by atoms with van der Waals surface area (Å²) in [4.78, 5) is 12.2. The standard InChI is InChI=1S/C12H24N2O3/c1-8(10(16-3)17-4)14-11(15)12(2)7-5-6-9(12)13/h8-10H,5-7,13H2,1-4H3,(H,14,15). The van der Waals surface area contributed by atoms with Crippen molar-refractivity contribution in [3.05, 3.63) is 0 Å². The summed E-state index contributed by atoms with van der Waals surface area (Å²) < 4.78 is 10.2. The van der Waals surface area contributed by atoms with Crippen LogP contribution in [0, 0.1) is 5.41 Å². The van der Waals surface area contributed by atoms with Crippen LogP contribution in [0.25, 0.3) is 0 Å². The average Bonchev–Trinajstić information content (AvgIpc) is 2.62. The predicted octanol–water partition coefficient (Wildman–Crippen LogP) is 0.628. The van der Waals surface area contributed by atoms with Crippen molar-refractivity contribution in [1.82, 2.24) is 5.32 Å². The molecule has 1 amide bonds. The lowest BCUT2D eigenvalue weighted by atomic mass is 9.84. The number of nitrogens with one attached hydrogen (secondary N) is 1. The number of carbonyl (C=O) groups is 1. The Kier molecular flexibility index (Phi) is 4.91. The summed E-state index contributed by atoms with van der Waals surface area (Å²) in [6.45, 7) is 3.79. The van der Waals surface area contributed by atoms with E-state index < -0.39 is 11.7 Å². The molecule has 3 unspecified atom stereocenters. The molecule has 0 aromatic carbocycles. The Bertz CT molecular complexity index is 268. The Morgan fingerprint density at radius 2 is 2.06 bits per heavy atom. The van der Waals surface area contributed by atoms with Gasteiger partial charge in [0.1, 0.15) is 0 Å². The van der Waals surface area contributed by atoms with Gasteiger partial charge >= 0.3 is 0 Å². The third-order valence-corrected chi connectivity index (χ3v) is 3.78. The maximum absolute atomic E-state index is 12.2. The van der Waals surface area contributed by atoms with E-state index in [1.807, 2.05) is 13.8 Å². The maximum atomic E-state index is 12.2. The van der Waals surface area contributed by atoms with Gasteiger partial charge in [0.25, 0.3) is 0 Å². The van der Waals surface area contributed by atoms with Gasteiger partial charge in [-0.2, -0.15) is 0 Å². The van der Waals surface area contributed by atoms with Crippen molar-refractivity contribution in [2.75, 3.05) is 14.2 Å². The fraction of sp³-hybridized carbons (Fsp3) is 0.917. The molecule has 5 nitrogen and oxygen atoms in total. The summed E-state index contributed by atoms with van der Waals surface area (Å²) in [5, 5.41) is 2.93. The first-order valence-corrected chi connectivity index (χ1v) is 6.08. The molecule has 1 rings (SSSR count). The summed E-state index contributed by atoms with van der Waals surface area (Å²) in [5.74, 6) is -0.00546. The highest BCUT2D eigenvalue weighted by atomic mass is 16.7. The third kappa shape index (κ3) is 2.97. The minimum Gasteiger partial charge on any atom is -0.354 e. The van der Waals surface area contributed by atoms with Gasteiger partial charge in [0.05, 0.1) is 11.5 Å². The van der Waals surface area contributed by atoms with Crippen LogP contribution in [0.15, 0.2) is 0 Å². The van der Waals surface area contributed by atoms with Gasteiger partial charge in [-0.1, -0.05) is 6.42 Å². The zero-order valence-electron chi connectivity index (χ0n) is 11.2. The molecular formula is C12H24N2O3. The van der Waals surface area contributed by atoms with Gasteiger partial charge < -0.3 is 20.5 Å². The molecule has 0 heterocycles. The second kappa shape index (κ2) is 5.80. The summed E-state index contributed by atoms with van der Waals surface area (Å²) >= 11 is 0. The zero-order chi connectivity index (χ0) is 13.1. The lowest BCUT2D eigenvalue weighted by Gasteiger charge is -2.31. The highest BCUT2D eigenvalue weighted by molar-refractivity contribution is 5.83. The molecule has 0 aromatic heterocycles. The highest BCUT2D eigenvalue weighted by Crippen LogP contribution is 2.36. The second-order valence-corrected chi connectivity index (χ2v) is 5.02. The van der Waals surface area contributed by atoms with Crippen LogP contribution in [0.1, 0.15) is 33.1 Å². The first-order valence-electron chi connectivity index (χ1n) is 6.08. The minimum atomic E-state index is -0.458. The lowest BCUT2D eigenvalue weighted by Crippen LogP contribution is -2.52. The number of rotatable bonds is 5. The van der Waals surface area contributed by atoms with Crippen LogP contribution in [-0.4, -0.2) is 38.5 Å². The van der Waals surface area contributed by atoms with Crippen LogP contribution in [0.3, 0.4) is 0 Å². The third-order valence-electron chi connectivity index (χ3n) is 3.78. The van der Waals surface area contributed by atoms with Gasteiger partial charge in [0.2, 0.25) is 5.91 Å². The van der Waals surface area contributed by atoms with Crippen molar-refractivity contribution in [3.63, 3.8) is 0 Å². The molecule has 0 aliphatic heterocycles. The normalized spacial score (nSPS) is 30.6. The van der Waals surface area contributed by atoms with E-state index in [0.717, 1.165) is 19.3 Å². The van der Waals surface area contributed by atoms with Crippen molar-refractivity contribution in [2.45, 2.75) is 51.5 Å². The number of methoxy groups -OCH3 is 2. The number of hydrogen-bond donors (Lipinski definition) is 2. The fourth-order valence-electron chi connectivity index (χ4n) is 2.42. The molecule has 5 heteroatoms. The van der Waals surface area contributed by atoms with Crippen LogP contribution in [-0.2, 0) is 14.3 Å². The van der Waals surface area contributed by atoms with E-state index in [9.17, 15) is 4.79 Å². The molecular weight excluding hydrogens is 220 g/mol. The first-order chi connectivity index (χ1) is 7.95. The predicted molar refractivity (Wildman–Crippen MR) is 65.3 cm³/mol. The number of nitrogens with two attached hydrogens (primary N) is 1. The Balaban J connectivity index is 2.59. The van der Waals surface area contributed by atoms with E-state index >= 15 is 0 Å². The smallest absolute Gasteiger partial charge is 0.227 e. The summed E-state index contributed by atoms with van der Waals surface area (Å²) in [6, 6.07) is -0.250. The first kappa shape index (κ1) is 14.4. The van der Waals surface area contributed by atoms with Crippen molar-refractivity contribution in [1.29, 1.82) is 0 Å². The molecule has 1 saturated carbocycles. The molecule has 0 spiro atoms. The van der Waals surface area contributed by atoms with E-state index in [1.165, 1.54) is 0 Å². The molecule has 0 radical (unpaired) electrons. The molecule has 1 fully saturated rings. The fourth-order valence-corrected chi connectivity index (χ4v) is 2.42. The Hall–Kier alpha value is -0.650. The highest BCUT2D eigenvalue weighted by Gasteiger charge is 2.43. The Morgan fingerprint density at radius 1 is 1.47 bits per heavy atom. The van der Waals surface area contributed by atoms with E-state index in [-0.39, 0.29) is 18.0 Å². The molecule has 1 aliphatic rings. The van der Waals surface area contributed by atoms with E-state index in [2.05, 4.69) is 5.32 Å². The molecule has 0 bridgehead atoms. The van der Waals surface area contributed by atoms with Crippen LogP contribution < -0.4 is 11.1 Å². The topological polar surface area (TPSA) is 73.6 Å². The molecule has 100 valence electrons. The summed E-state index contributed by atoms with van der Waals surface area (Å²) in [5.41, 5.74) is 5.55. The Labute approximate surface area is 103 Å². The number of hydrogen-bond acceptors (Lipinski definition) is 4. The van der Waals surface area contributed by atoms with Gasteiger partial charge in [-0.25, -0.2) is 0 Å². The average molecular weight is 244 g/mol. The molecule has 1 aliphatic carbocycles. The SMILES string of the molecule is COC(OC)C(C)NC(=O)C1(C)CCCC1N. The molecule has 3 N–H and O–H groups in total. The monoisotopic (exact) mass is 244 g/mol. The van der Waals surface area contributed by atoms with Crippen molar-refractivity contribution < 1.29 is 14.3 Å². The van der Waals surface area contributed by atoms with Crippen LogP contribution in [0.2, 0.25) is 0 Å². The Morgan fingerprint density at radius 3 is 2.47 bits per heavy atom. The molecule has 17 heavy (non-hydrogen) atoms. The van der Waals surface area contributed by atoms with Crippen LogP contribution >= 0.6 is 0 Å². The second-order valence-electron chi connectivity index (χ2n) is 5.02. The number of amides is 1. The van der Waals surface area contributed by atoms with Crippen molar-refractivity contribution in [2.24, 2.45) is 11.1 Å². The van der Waals surface area contributed by atoms with Crippen LogP contribution in [0.5, 0.6) is 0 Å². The largest absolute Gasteiger partial charge is 0.354 e. The van der Waals surface area contributed by atoms with E-state index in [4.69, 9.17) is 15.2 Å². The summed E-state index contributed by atoms with van der Waals surface area (Å²) in [6.07, 6.45) is 2.34.